The van der Waals surface area contributed by atoms with Crippen molar-refractivity contribution in [3.8, 4) is 0 Å². The number of amides is 1. The maximum Gasteiger partial charge on any atom is 0.266 e. The molecular formula is C18H21Cl2N3O3S. The Balaban J connectivity index is 0.00000261. The van der Waals surface area contributed by atoms with Gasteiger partial charge in [0, 0.05) is 12.1 Å². The smallest absolute Gasteiger partial charge is 0.266 e. The average Bonchev–Trinajstić information content (AvgIpc) is 2.62. The van der Waals surface area contributed by atoms with Crippen LogP contribution in [0, 0.1) is 6.92 Å². The van der Waals surface area contributed by atoms with E-state index in [-0.39, 0.29) is 35.4 Å². The van der Waals surface area contributed by atoms with Crippen LogP contribution in [0.4, 0.5) is 17.1 Å². The monoisotopic (exact) mass is 429 g/mol. The zero-order valence-electron chi connectivity index (χ0n) is 15.4. The second-order valence-corrected chi connectivity index (χ2v) is 8.84. The molecule has 27 heavy (non-hydrogen) atoms. The van der Waals surface area contributed by atoms with Crippen molar-refractivity contribution in [2.75, 3.05) is 36.9 Å². The van der Waals surface area contributed by atoms with E-state index in [0.29, 0.717) is 22.0 Å². The summed E-state index contributed by atoms with van der Waals surface area (Å²) >= 11 is 6.27. The van der Waals surface area contributed by atoms with E-state index in [1.54, 1.807) is 56.3 Å². The standard InChI is InChI=1S/C18H20ClN3O3S.ClH/c1-12-9-17-16(10-13(12)19)22(18(23)11-20(2)3)15-8-6-5-7-14(15)21(4)26(17,24)25;/h5-10H,11H2,1-4H3;1H. The first kappa shape index (κ1) is 21.5. The van der Waals surface area contributed by atoms with Crippen LogP contribution < -0.4 is 9.21 Å². The van der Waals surface area contributed by atoms with Crippen molar-refractivity contribution in [1.29, 1.82) is 0 Å². The predicted molar refractivity (Wildman–Crippen MR) is 111 cm³/mol. The molecule has 0 aromatic heterocycles. The van der Waals surface area contributed by atoms with E-state index in [1.807, 2.05) is 0 Å². The normalized spacial score (nSPS) is 14.9. The highest BCUT2D eigenvalue weighted by Gasteiger charge is 2.36. The number of sulfonamides is 1. The van der Waals surface area contributed by atoms with Gasteiger partial charge in [0.05, 0.1) is 23.6 Å². The number of halogens is 2. The summed E-state index contributed by atoms with van der Waals surface area (Å²) in [5.41, 5.74) is 1.84. The Hall–Kier alpha value is -1.80. The fraction of sp³-hybridized carbons (Fsp3) is 0.278. The Labute approximate surface area is 170 Å². The lowest BCUT2D eigenvalue weighted by atomic mass is 10.1. The molecule has 2 aromatic rings. The lowest BCUT2D eigenvalue weighted by Gasteiger charge is -2.26. The summed E-state index contributed by atoms with van der Waals surface area (Å²) in [7, 11) is 1.22. The van der Waals surface area contributed by atoms with Gasteiger partial charge >= 0.3 is 0 Å². The molecule has 1 heterocycles. The van der Waals surface area contributed by atoms with Crippen molar-refractivity contribution in [3.05, 3.63) is 47.0 Å². The Morgan fingerprint density at radius 2 is 1.70 bits per heavy atom. The van der Waals surface area contributed by atoms with Crippen LogP contribution in [0.25, 0.3) is 0 Å². The highest BCUT2D eigenvalue weighted by atomic mass is 35.5. The van der Waals surface area contributed by atoms with Crippen molar-refractivity contribution >= 4 is 57.0 Å². The molecule has 0 bridgehead atoms. The molecule has 0 fully saturated rings. The molecule has 6 nitrogen and oxygen atoms in total. The van der Waals surface area contributed by atoms with Gasteiger partial charge in [-0.25, -0.2) is 8.42 Å². The van der Waals surface area contributed by atoms with Gasteiger partial charge in [-0.05, 0) is 50.8 Å². The van der Waals surface area contributed by atoms with Crippen molar-refractivity contribution in [2.45, 2.75) is 11.8 Å². The van der Waals surface area contributed by atoms with E-state index in [1.165, 1.54) is 22.3 Å². The summed E-state index contributed by atoms with van der Waals surface area (Å²) in [4.78, 5) is 16.3. The third kappa shape index (κ3) is 3.65. The van der Waals surface area contributed by atoms with Gasteiger partial charge in [0.1, 0.15) is 4.90 Å². The van der Waals surface area contributed by atoms with Crippen LogP contribution in [0.5, 0.6) is 0 Å². The first-order valence-electron chi connectivity index (χ1n) is 8.00. The fourth-order valence-electron chi connectivity index (χ4n) is 2.96. The molecular weight excluding hydrogens is 409 g/mol. The Morgan fingerprint density at radius 3 is 2.30 bits per heavy atom. The number of benzene rings is 2. The second kappa shape index (κ2) is 7.67. The molecule has 0 spiro atoms. The molecule has 1 amide bonds. The van der Waals surface area contributed by atoms with E-state index in [4.69, 9.17) is 11.6 Å². The summed E-state index contributed by atoms with van der Waals surface area (Å²) in [6.07, 6.45) is 0. The highest BCUT2D eigenvalue weighted by Crippen LogP contribution is 2.44. The van der Waals surface area contributed by atoms with Crippen LogP contribution in [-0.2, 0) is 14.8 Å². The molecule has 0 N–H and O–H groups in total. The van der Waals surface area contributed by atoms with Crippen molar-refractivity contribution in [1.82, 2.24) is 4.90 Å². The van der Waals surface area contributed by atoms with Crippen LogP contribution in [0.2, 0.25) is 5.02 Å². The number of likely N-dealkylation sites (N-methyl/N-ethyl adjacent to an activating group) is 1. The Kier molecular flexibility index (Phi) is 6.11. The van der Waals surface area contributed by atoms with Crippen molar-refractivity contribution in [3.63, 3.8) is 0 Å². The second-order valence-electron chi connectivity index (χ2n) is 6.50. The predicted octanol–water partition coefficient (Wildman–Crippen LogP) is 3.44. The number of carbonyl (C=O) groups is 1. The number of hydrogen-bond acceptors (Lipinski definition) is 4. The quantitative estimate of drug-likeness (QED) is 0.733. The molecule has 2 aromatic carbocycles. The van der Waals surface area contributed by atoms with Crippen LogP contribution >= 0.6 is 24.0 Å². The van der Waals surface area contributed by atoms with E-state index in [2.05, 4.69) is 0 Å². The minimum absolute atomic E-state index is 0. The molecule has 9 heteroatoms. The maximum absolute atomic E-state index is 13.2. The number of hydrogen-bond donors (Lipinski definition) is 0. The highest BCUT2D eigenvalue weighted by molar-refractivity contribution is 7.93. The Bertz CT molecular complexity index is 993. The van der Waals surface area contributed by atoms with Gasteiger partial charge in [-0.15, -0.1) is 12.4 Å². The molecule has 0 aliphatic carbocycles. The summed E-state index contributed by atoms with van der Waals surface area (Å²) in [6, 6.07) is 10.0. The zero-order valence-corrected chi connectivity index (χ0v) is 17.8. The molecule has 3 rings (SSSR count). The first-order chi connectivity index (χ1) is 12.1. The lowest BCUT2D eigenvalue weighted by Crippen LogP contribution is -2.35. The summed E-state index contributed by atoms with van der Waals surface area (Å²) < 4.78 is 27.6. The van der Waals surface area contributed by atoms with Crippen LogP contribution in [-0.4, -0.2) is 46.9 Å². The van der Waals surface area contributed by atoms with Gasteiger partial charge in [-0.3, -0.25) is 14.0 Å². The van der Waals surface area contributed by atoms with Crippen LogP contribution in [0.1, 0.15) is 5.56 Å². The number of rotatable bonds is 2. The zero-order chi connectivity index (χ0) is 19.2. The lowest BCUT2D eigenvalue weighted by molar-refractivity contribution is -0.118. The number of fused-ring (bicyclic) bond motifs is 2. The van der Waals surface area contributed by atoms with Gasteiger partial charge in [-0.1, -0.05) is 23.7 Å². The summed E-state index contributed by atoms with van der Waals surface area (Å²) in [5, 5.41) is 0.406. The van der Waals surface area contributed by atoms with E-state index in [0.717, 1.165) is 0 Å². The number of carbonyl (C=O) groups excluding carboxylic acids is 1. The molecule has 0 saturated heterocycles. The first-order valence-corrected chi connectivity index (χ1v) is 9.82. The molecule has 146 valence electrons. The number of aryl methyl sites for hydroxylation is 1. The third-order valence-electron chi connectivity index (χ3n) is 4.28. The van der Waals surface area contributed by atoms with Crippen LogP contribution in [0.3, 0.4) is 0 Å². The molecule has 1 aliphatic heterocycles. The topological polar surface area (TPSA) is 60.9 Å². The molecule has 0 saturated carbocycles. The Morgan fingerprint density at radius 1 is 1.11 bits per heavy atom. The maximum atomic E-state index is 13.2. The third-order valence-corrected chi connectivity index (χ3v) is 6.49. The van der Waals surface area contributed by atoms with Gasteiger partial charge in [0.2, 0.25) is 5.91 Å². The average molecular weight is 430 g/mol. The summed E-state index contributed by atoms with van der Waals surface area (Å²) in [5.74, 6) is -0.242. The van der Waals surface area contributed by atoms with E-state index >= 15 is 0 Å². The summed E-state index contributed by atoms with van der Waals surface area (Å²) in [6.45, 7) is 1.87. The van der Waals surface area contributed by atoms with E-state index < -0.39 is 10.0 Å². The SMILES string of the molecule is Cc1cc2c(cc1Cl)N(C(=O)CN(C)C)c1ccccc1N(C)S2(=O)=O.Cl. The van der Waals surface area contributed by atoms with Gasteiger partial charge in [0.25, 0.3) is 10.0 Å². The molecule has 1 aliphatic rings. The van der Waals surface area contributed by atoms with Crippen molar-refractivity contribution < 1.29 is 13.2 Å². The van der Waals surface area contributed by atoms with E-state index in [9.17, 15) is 13.2 Å². The fourth-order valence-corrected chi connectivity index (χ4v) is 4.57. The largest absolute Gasteiger partial charge is 0.301 e. The van der Waals surface area contributed by atoms with Crippen molar-refractivity contribution in [2.24, 2.45) is 0 Å². The van der Waals surface area contributed by atoms with Gasteiger partial charge < -0.3 is 4.90 Å². The minimum Gasteiger partial charge on any atom is -0.301 e. The number of nitrogens with zero attached hydrogens (tertiary/aromatic N) is 3. The minimum atomic E-state index is -3.84. The molecule has 0 atom stereocenters. The van der Waals surface area contributed by atoms with Gasteiger partial charge in [0.15, 0.2) is 0 Å². The molecule has 0 unspecified atom stereocenters. The number of anilines is 3. The molecule has 0 radical (unpaired) electrons. The van der Waals surface area contributed by atoms with Gasteiger partial charge in [-0.2, -0.15) is 0 Å². The number of para-hydroxylation sites is 2. The van der Waals surface area contributed by atoms with Crippen LogP contribution in [0.15, 0.2) is 41.3 Å².